The summed E-state index contributed by atoms with van der Waals surface area (Å²) < 4.78 is 1.83. The SMILES string of the molecule is Cc1ccc(C)c(C(C)NCc2cnn(C)c2)c1. The van der Waals surface area contributed by atoms with Gasteiger partial charge in [-0.25, -0.2) is 0 Å². The van der Waals surface area contributed by atoms with Gasteiger partial charge in [-0.05, 0) is 31.9 Å². The zero-order valence-electron chi connectivity index (χ0n) is 11.6. The summed E-state index contributed by atoms with van der Waals surface area (Å²) in [6.07, 6.45) is 3.95. The van der Waals surface area contributed by atoms with Crippen LogP contribution >= 0.6 is 0 Å². The van der Waals surface area contributed by atoms with E-state index in [1.54, 1.807) is 0 Å². The van der Waals surface area contributed by atoms with Crippen molar-refractivity contribution in [3.8, 4) is 0 Å². The molecular weight excluding hydrogens is 222 g/mol. The topological polar surface area (TPSA) is 29.9 Å². The summed E-state index contributed by atoms with van der Waals surface area (Å²) >= 11 is 0. The van der Waals surface area contributed by atoms with Gasteiger partial charge in [0.1, 0.15) is 0 Å². The molecule has 0 amide bonds. The van der Waals surface area contributed by atoms with Gasteiger partial charge in [-0.2, -0.15) is 5.10 Å². The van der Waals surface area contributed by atoms with Crippen LogP contribution in [0.2, 0.25) is 0 Å². The zero-order valence-corrected chi connectivity index (χ0v) is 11.6. The summed E-state index contributed by atoms with van der Waals surface area (Å²) in [5.74, 6) is 0. The Labute approximate surface area is 109 Å². The van der Waals surface area contributed by atoms with Gasteiger partial charge in [-0.3, -0.25) is 4.68 Å². The minimum absolute atomic E-state index is 0.352. The van der Waals surface area contributed by atoms with E-state index in [9.17, 15) is 0 Å². The second-order valence-corrected chi connectivity index (χ2v) is 4.98. The second-order valence-electron chi connectivity index (χ2n) is 4.98. The molecule has 0 bridgehead atoms. The van der Waals surface area contributed by atoms with Crippen molar-refractivity contribution in [2.75, 3.05) is 0 Å². The lowest BCUT2D eigenvalue weighted by atomic mass is 10.00. The number of aryl methyl sites for hydroxylation is 3. The van der Waals surface area contributed by atoms with Crippen LogP contribution in [-0.2, 0) is 13.6 Å². The third-order valence-electron chi connectivity index (χ3n) is 3.27. The average molecular weight is 243 g/mol. The van der Waals surface area contributed by atoms with Gasteiger partial charge in [0.25, 0.3) is 0 Å². The fourth-order valence-electron chi connectivity index (χ4n) is 2.17. The van der Waals surface area contributed by atoms with Crippen LogP contribution in [-0.4, -0.2) is 9.78 Å². The Kier molecular flexibility index (Phi) is 3.82. The summed E-state index contributed by atoms with van der Waals surface area (Å²) in [7, 11) is 1.94. The second kappa shape index (κ2) is 5.36. The quantitative estimate of drug-likeness (QED) is 0.895. The molecule has 3 heteroatoms. The van der Waals surface area contributed by atoms with Crippen molar-refractivity contribution in [2.45, 2.75) is 33.4 Å². The number of hydrogen-bond donors (Lipinski definition) is 1. The van der Waals surface area contributed by atoms with E-state index in [-0.39, 0.29) is 0 Å². The molecule has 1 N–H and O–H groups in total. The smallest absolute Gasteiger partial charge is 0.0534 e. The van der Waals surface area contributed by atoms with Crippen LogP contribution in [0.1, 0.15) is 35.2 Å². The molecule has 18 heavy (non-hydrogen) atoms. The van der Waals surface area contributed by atoms with E-state index >= 15 is 0 Å². The largest absolute Gasteiger partial charge is 0.306 e. The molecule has 96 valence electrons. The molecule has 0 aliphatic heterocycles. The zero-order chi connectivity index (χ0) is 13.1. The molecule has 0 saturated heterocycles. The van der Waals surface area contributed by atoms with E-state index in [1.165, 1.54) is 22.3 Å². The van der Waals surface area contributed by atoms with E-state index in [2.05, 4.69) is 49.4 Å². The Bertz CT molecular complexity index is 528. The van der Waals surface area contributed by atoms with Crippen LogP contribution in [0.3, 0.4) is 0 Å². The van der Waals surface area contributed by atoms with Crippen LogP contribution in [0.4, 0.5) is 0 Å². The van der Waals surface area contributed by atoms with Crippen molar-refractivity contribution < 1.29 is 0 Å². The van der Waals surface area contributed by atoms with Gasteiger partial charge in [0.2, 0.25) is 0 Å². The van der Waals surface area contributed by atoms with Crippen molar-refractivity contribution in [3.05, 3.63) is 52.8 Å². The first-order valence-corrected chi connectivity index (χ1v) is 6.34. The summed E-state index contributed by atoms with van der Waals surface area (Å²) in [6.45, 7) is 7.36. The maximum absolute atomic E-state index is 4.18. The lowest BCUT2D eigenvalue weighted by Gasteiger charge is -2.16. The van der Waals surface area contributed by atoms with E-state index in [0.717, 1.165) is 6.54 Å². The van der Waals surface area contributed by atoms with E-state index in [1.807, 2.05) is 24.1 Å². The monoisotopic (exact) mass is 243 g/mol. The molecule has 2 aromatic rings. The molecular formula is C15H21N3. The summed E-state index contributed by atoms with van der Waals surface area (Å²) in [6, 6.07) is 6.96. The Hall–Kier alpha value is -1.61. The van der Waals surface area contributed by atoms with E-state index in [4.69, 9.17) is 0 Å². The summed E-state index contributed by atoms with van der Waals surface area (Å²) in [5.41, 5.74) is 5.24. The Balaban J connectivity index is 2.03. The van der Waals surface area contributed by atoms with Crippen molar-refractivity contribution in [1.29, 1.82) is 0 Å². The maximum atomic E-state index is 4.18. The standard InChI is InChI=1S/C15H21N3/c1-11-5-6-12(2)15(7-11)13(3)16-8-14-9-17-18(4)10-14/h5-7,9-10,13,16H,8H2,1-4H3. The molecule has 1 heterocycles. The van der Waals surface area contributed by atoms with E-state index in [0.29, 0.717) is 6.04 Å². The fraction of sp³-hybridized carbons (Fsp3) is 0.400. The van der Waals surface area contributed by atoms with Crippen LogP contribution < -0.4 is 5.32 Å². The van der Waals surface area contributed by atoms with Gasteiger partial charge in [0.15, 0.2) is 0 Å². The van der Waals surface area contributed by atoms with Crippen molar-refractivity contribution in [3.63, 3.8) is 0 Å². The van der Waals surface area contributed by atoms with Crippen molar-refractivity contribution in [2.24, 2.45) is 7.05 Å². The molecule has 0 radical (unpaired) electrons. The number of rotatable bonds is 4. The average Bonchev–Trinajstić information content (AvgIpc) is 2.75. The minimum Gasteiger partial charge on any atom is -0.306 e. The molecule has 1 aromatic heterocycles. The Morgan fingerprint density at radius 3 is 2.78 bits per heavy atom. The van der Waals surface area contributed by atoms with Crippen LogP contribution in [0, 0.1) is 13.8 Å². The highest BCUT2D eigenvalue weighted by Crippen LogP contribution is 2.19. The molecule has 0 aliphatic rings. The lowest BCUT2D eigenvalue weighted by molar-refractivity contribution is 0.571. The third kappa shape index (κ3) is 2.99. The fourth-order valence-corrected chi connectivity index (χ4v) is 2.17. The van der Waals surface area contributed by atoms with Gasteiger partial charge >= 0.3 is 0 Å². The number of nitrogens with zero attached hydrogens (tertiary/aromatic N) is 2. The Morgan fingerprint density at radius 1 is 1.33 bits per heavy atom. The number of nitrogens with one attached hydrogen (secondary N) is 1. The highest BCUT2D eigenvalue weighted by atomic mass is 15.2. The highest BCUT2D eigenvalue weighted by Gasteiger charge is 2.08. The van der Waals surface area contributed by atoms with E-state index < -0.39 is 0 Å². The van der Waals surface area contributed by atoms with Crippen LogP contribution in [0.15, 0.2) is 30.6 Å². The molecule has 1 unspecified atom stereocenters. The van der Waals surface area contributed by atoms with Gasteiger partial charge in [-0.1, -0.05) is 23.8 Å². The molecule has 1 aromatic carbocycles. The molecule has 3 nitrogen and oxygen atoms in total. The van der Waals surface area contributed by atoms with Gasteiger partial charge in [0, 0.05) is 31.4 Å². The number of hydrogen-bond acceptors (Lipinski definition) is 2. The summed E-state index contributed by atoms with van der Waals surface area (Å²) in [5, 5.41) is 7.72. The number of benzene rings is 1. The third-order valence-corrected chi connectivity index (χ3v) is 3.27. The van der Waals surface area contributed by atoms with Crippen molar-refractivity contribution in [1.82, 2.24) is 15.1 Å². The van der Waals surface area contributed by atoms with Gasteiger partial charge in [0.05, 0.1) is 6.20 Å². The maximum Gasteiger partial charge on any atom is 0.0534 e. The summed E-state index contributed by atoms with van der Waals surface area (Å²) in [4.78, 5) is 0. The number of aromatic nitrogens is 2. The first-order chi connectivity index (χ1) is 8.56. The highest BCUT2D eigenvalue weighted by molar-refractivity contribution is 5.32. The predicted molar refractivity (Wildman–Crippen MR) is 74.4 cm³/mol. The Morgan fingerprint density at radius 2 is 2.11 bits per heavy atom. The van der Waals surface area contributed by atoms with Crippen LogP contribution in [0.25, 0.3) is 0 Å². The van der Waals surface area contributed by atoms with Gasteiger partial charge in [-0.15, -0.1) is 0 Å². The minimum atomic E-state index is 0.352. The first kappa shape index (κ1) is 12.8. The van der Waals surface area contributed by atoms with Crippen LogP contribution in [0.5, 0.6) is 0 Å². The molecule has 2 rings (SSSR count). The predicted octanol–water partition coefficient (Wildman–Crippen LogP) is 2.89. The molecule has 0 aliphatic carbocycles. The first-order valence-electron chi connectivity index (χ1n) is 6.34. The molecule has 1 atom stereocenters. The van der Waals surface area contributed by atoms with Crippen molar-refractivity contribution >= 4 is 0 Å². The lowest BCUT2D eigenvalue weighted by Crippen LogP contribution is -2.18. The molecule has 0 spiro atoms. The van der Waals surface area contributed by atoms with Gasteiger partial charge < -0.3 is 5.32 Å². The molecule has 0 fully saturated rings. The molecule has 0 saturated carbocycles. The normalized spacial score (nSPS) is 12.7.